The number of pyridine rings is 1. The van der Waals surface area contributed by atoms with Crippen molar-refractivity contribution in [1.29, 1.82) is 0 Å². The Morgan fingerprint density at radius 1 is 1.15 bits per heavy atom. The summed E-state index contributed by atoms with van der Waals surface area (Å²) in [7, 11) is 0. The van der Waals surface area contributed by atoms with Crippen molar-refractivity contribution in [1.82, 2.24) is 15.0 Å². The molecule has 1 aromatic carbocycles. The second kappa shape index (κ2) is 5.17. The SMILES string of the molecule is CCc1nc(Cl)c(C)c(-c2ccc3cccnc3c2)n1. The minimum atomic E-state index is 0.521. The van der Waals surface area contributed by atoms with Crippen molar-refractivity contribution in [3.8, 4) is 11.3 Å². The Morgan fingerprint density at radius 2 is 2.00 bits per heavy atom. The summed E-state index contributed by atoms with van der Waals surface area (Å²) in [6, 6.07) is 10.1. The van der Waals surface area contributed by atoms with Crippen LogP contribution in [-0.2, 0) is 6.42 Å². The molecule has 20 heavy (non-hydrogen) atoms. The molecule has 0 saturated heterocycles. The topological polar surface area (TPSA) is 38.7 Å². The van der Waals surface area contributed by atoms with Crippen LogP contribution in [0, 0.1) is 6.92 Å². The van der Waals surface area contributed by atoms with Crippen LogP contribution in [0.4, 0.5) is 0 Å². The molecule has 3 aromatic rings. The first-order chi connectivity index (χ1) is 9.69. The summed E-state index contributed by atoms with van der Waals surface area (Å²) >= 11 is 6.20. The first kappa shape index (κ1) is 13.0. The van der Waals surface area contributed by atoms with Gasteiger partial charge in [-0.1, -0.05) is 36.7 Å². The van der Waals surface area contributed by atoms with E-state index in [-0.39, 0.29) is 0 Å². The number of hydrogen-bond donors (Lipinski definition) is 0. The molecule has 0 spiro atoms. The minimum absolute atomic E-state index is 0.521. The van der Waals surface area contributed by atoms with Crippen molar-refractivity contribution in [3.05, 3.63) is 53.1 Å². The summed E-state index contributed by atoms with van der Waals surface area (Å²) < 4.78 is 0. The summed E-state index contributed by atoms with van der Waals surface area (Å²) in [5, 5.41) is 1.64. The van der Waals surface area contributed by atoms with Gasteiger partial charge in [0.2, 0.25) is 0 Å². The Labute approximate surface area is 122 Å². The van der Waals surface area contributed by atoms with Crippen LogP contribution in [0.5, 0.6) is 0 Å². The molecule has 0 fully saturated rings. The van der Waals surface area contributed by atoms with Gasteiger partial charge in [0.1, 0.15) is 11.0 Å². The standard InChI is InChI=1S/C16H14ClN3/c1-3-14-19-15(10(2)16(17)20-14)12-7-6-11-5-4-8-18-13(11)9-12/h4-9H,3H2,1-2H3. The lowest BCUT2D eigenvalue weighted by atomic mass is 10.1. The molecule has 0 aliphatic heterocycles. The molecule has 3 rings (SSSR count). The van der Waals surface area contributed by atoms with E-state index >= 15 is 0 Å². The lowest BCUT2D eigenvalue weighted by Gasteiger charge is -2.09. The van der Waals surface area contributed by atoms with Crippen molar-refractivity contribution < 1.29 is 0 Å². The first-order valence-corrected chi connectivity index (χ1v) is 6.95. The van der Waals surface area contributed by atoms with Gasteiger partial charge in [0, 0.05) is 29.1 Å². The maximum Gasteiger partial charge on any atom is 0.136 e. The summed E-state index contributed by atoms with van der Waals surface area (Å²) in [5.41, 5.74) is 3.76. The maximum atomic E-state index is 6.20. The fraction of sp³-hybridized carbons (Fsp3) is 0.188. The average Bonchev–Trinajstić information content (AvgIpc) is 2.49. The summed E-state index contributed by atoms with van der Waals surface area (Å²) in [5.74, 6) is 0.761. The van der Waals surface area contributed by atoms with Gasteiger partial charge in [-0.25, -0.2) is 9.97 Å². The highest BCUT2D eigenvalue weighted by atomic mass is 35.5. The zero-order valence-corrected chi connectivity index (χ0v) is 12.1. The zero-order chi connectivity index (χ0) is 14.1. The van der Waals surface area contributed by atoms with Gasteiger partial charge < -0.3 is 0 Å². The Morgan fingerprint density at radius 3 is 2.80 bits per heavy atom. The largest absolute Gasteiger partial charge is 0.256 e. The maximum absolute atomic E-state index is 6.20. The number of halogens is 1. The Bertz CT molecular complexity index is 784. The van der Waals surface area contributed by atoms with Crippen LogP contribution in [0.25, 0.3) is 22.2 Å². The van der Waals surface area contributed by atoms with Gasteiger partial charge in [-0.3, -0.25) is 4.98 Å². The molecule has 100 valence electrons. The van der Waals surface area contributed by atoms with E-state index in [0.29, 0.717) is 5.15 Å². The zero-order valence-electron chi connectivity index (χ0n) is 11.4. The molecule has 0 bridgehead atoms. The number of benzene rings is 1. The highest BCUT2D eigenvalue weighted by Gasteiger charge is 2.11. The molecule has 0 saturated carbocycles. The van der Waals surface area contributed by atoms with Crippen LogP contribution in [0.3, 0.4) is 0 Å². The number of nitrogens with zero attached hydrogens (tertiary/aromatic N) is 3. The monoisotopic (exact) mass is 283 g/mol. The van der Waals surface area contributed by atoms with Crippen molar-refractivity contribution in [3.63, 3.8) is 0 Å². The molecule has 0 atom stereocenters. The molecule has 4 heteroatoms. The minimum Gasteiger partial charge on any atom is -0.256 e. The third kappa shape index (κ3) is 2.25. The summed E-state index contributed by atoms with van der Waals surface area (Å²) in [6.45, 7) is 3.96. The third-order valence-corrected chi connectivity index (χ3v) is 3.70. The molecular weight excluding hydrogens is 270 g/mol. The van der Waals surface area contributed by atoms with E-state index in [4.69, 9.17) is 11.6 Å². The Hall–Kier alpha value is -2.00. The van der Waals surface area contributed by atoms with E-state index in [1.54, 1.807) is 6.20 Å². The van der Waals surface area contributed by atoms with E-state index in [2.05, 4.69) is 27.1 Å². The molecular formula is C16H14ClN3. The molecule has 0 amide bonds. The van der Waals surface area contributed by atoms with E-state index in [9.17, 15) is 0 Å². The predicted octanol–water partition coefficient (Wildman–Crippen LogP) is 4.22. The normalized spacial score (nSPS) is 10.9. The molecule has 0 unspecified atom stereocenters. The second-order valence-corrected chi connectivity index (χ2v) is 5.03. The van der Waals surface area contributed by atoms with Gasteiger partial charge >= 0.3 is 0 Å². The molecule has 0 radical (unpaired) electrons. The van der Waals surface area contributed by atoms with Gasteiger partial charge in [0.25, 0.3) is 0 Å². The van der Waals surface area contributed by atoms with Crippen LogP contribution in [0.15, 0.2) is 36.5 Å². The molecule has 0 aliphatic carbocycles. The van der Waals surface area contributed by atoms with Crippen LogP contribution in [0.1, 0.15) is 18.3 Å². The highest BCUT2D eigenvalue weighted by Crippen LogP contribution is 2.27. The number of fused-ring (bicyclic) bond motifs is 1. The van der Waals surface area contributed by atoms with Crippen LogP contribution in [-0.4, -0.2) is 15.0 Å². The van der Waals surface area contributed by atoms with Crippen molar-refractivity contribution in [2.45, 2.75) is 20.3 Å². The lowest BCUT2D eigenvalue weighted by Crippen LogP contribution is -1.99. The van der Waals surface area contributed by atoms with Crippen LogP contribution < -0.4 is 0 Å². The van der Waals surface area contributed by atoms with Crippen LogP contribution in [0.2, 0.25) is 5.15 Å². The van der Waals surface area contributed by atoms with Crippen molar-refractivity contribution in [2.24, 2.45) is 0 Å². The molecule has 2 heterocycles. The van der Waals surface area contributed by atoms with Gasteiger partial charge in [0.05, 0.1) is 11.2 Å². The fourth-order valence-corrected chi connectivity index (χ4v) is 2.37. The molecule has 0 N–H and O–H groups in total. The van der Waals surface area contributed by atoms with E-state index in [0.717, 1.165) is 40.0 Å². The molecule has 3 nitrogen and oxygen atoms in total. The fourth-order valence-electron chi connectivity index (χ4n) is 2.19. The number of aromatic nitrogens is 3. The van der Waals surface area contributed by atoms with Gasteiger partial charge in [-0.2, -0.15) is 0 Å². The number of aryl methyl sites for hydroxylation is 1. The van der Waals surface area contributed by atoms with E-state index in [1.807, 2.05) is 32.0 Å². The lowest BCUT2D eigenvalue weighted by molar-refractivity contribution is 0.934. The first-order valence-electron chi connectivity index (χ1n) is 6.57. The van der Waals surface area contributed by atoms with Crippen molar-refractivity contribution in [2.75, 3.05) is 0 Å². The Balaban J connectivity index is 2.22. The van der Waals surface area contributed by atoms with E-state index in [1.165, 1.54) is 0 Å². The van der Waals surface area contributed by atoms with Gasteiger partial charge in [-0.05, 0) is 19.1 Å². The van der Waals surface area contributed by atoms with Crippen LogP contribution >= 0.6 is 11.6 Å². The highest BCUT2D eigenvalue weighted by molar-refractivity contribution is 6.30. The second-order valence-electron chi connectivity index (χ2n) is 4.67. The summed E-state index contributed by atoms with van der Waals surface area (Å²) in [6.07, 6.45) is 2.56. The Kier molecular flexibility index (Phi) is 3.36. The third-order valence-electron chi connectivity index (χ3n) is 3.33. The van der Waals surface area contributed by atoms with Crippen molar-refractivity contribution >= 4 is 22.5 Å². The number of hydrogen-bond acceptors (Lipinski definition) is 3. The van der Waals surface area contributed by atoms with Gasteiger partial charge in [-0.15, -0.1) is 0 Å². The molecule has 0 aliphatic rings. The predicted molar refractivity (Wildman–Crippen MR) is 81.9 cm³/mol. The summed E-state index contributed by atoms with van der Waals surface area (Å²) in [4.78, 5) is 13.3. The quantitative estimate of drug-likeness (QED) is 0.661. The average molecular weight is 284 g/mol. The smallest absolute Gasteiger partial charge is 0.136 e. The number of rotatable bonds is 2. The van der Waals surface area contributed by atoms with Gasteiger partial charge in [0.15, 0.2) is 0 Å². The molecule has 2 aromatic heterocycles. The van der Waals surface area contributed by atoms with E-state index < -0.39 is 0 Å².